The second-order valence-corrected chi connectivity index (χ2v) is 8.00. The summed E-state index contributed by atoms with van der Waals surface area (Å²) in [5, 5.41) is 9.85. The fourth-order valence-corrected chi connectivity index (χ4v) is 5.10. The van der Waals surface area contributed by atoms with E-state index < -0.39 is 22.0 Å². The molecule has 0 spiro atoms. The van der Waals surface area contributed by atoms with Crippen molar-refractivity contribution < 1.29 is 18.3 Å². The van der Waals surface area contributed by atoms with E-state index in [1.54, 1.807) is 12.1 Å². The van der Waals surface area contributed by atoms with Gasteiger partial charge in [0.2, 0.25) is 10.0 Å². The molecule has 1 atom stereocenters. The van der Waals surface area contributed by atoms with Crippen molar-refractivity contribution in [3.63, 3.8) is 0 Å². The van der Waals surface area contributed by atoms with E-state index in [0.29, 0.717) is 18.5 Å². The normalized spacial score (nSPS) is 19.5. The van der Waals surface area contributed by atoms with Gasteiger partial charge in [0.25, 0.3) is 0 Å². The number of aryl methyl sites for hydroxylation is 1. The fourth-order valence-electron chi connectivity index (χ4n) is 3.25. The summed E-state index contributed by atoms with van der Waals surface area (Å²) in [7, 11) is -3.79. The van der Waals surface area contributed by atoms with Crippen molar-refractivity contribution in [1.82, 2.24) is 9.29 Å². The first-order valence-electron chi connectivity index (χ1n) is 7.99. The van der Waals surface area contributed by atoms with Gasteiger partial charge in [0, 0.05) is 23.7 Å². The van der Waals surface area contributed by atoms with Crippen molar-refractivity contribution in [1.29, 1.82) is 0 Å². The highest BCUT2D eigenvalue weighted by atomic mass is 32.2. The van der Waals surface area contributed by atoms with Crippen molar-refractivity contribution in [2.75, 3.05) is 6.54 Å². The Labute approximate surface area is 141 Å². The van der Waals surface area contributed by atoms with Crippen LogP contribution in [0.3, 0.4) is 0 Å². The number of para-hydroxylation sites is 1. The van der Waals surface area contributed by atoms with Gasteiger partial charge in [-0.1, -0.05) is 24.6 Å². The van der Waals surface area contributed by atoms with Crippen LogP contribution in [0.5, 0.6) is 0 Å². The number of fused-ring (bicyclic) bond motifs is 1. The minimum Gasteiger partial charge on any atom is -0.481 e. The van der Waals surface area contributed by atoms with E-state index in [9.17, 15) is 13.2 Å². The highest BCUT2D eigenvalue weighted by molar-refractivity contribution is 7.89. The molecular formula is C17H20N2O4S. The number of carboxylic acid groups (broad SMARTS) is 1. The van der Waals surface area contributed by atoms with Crippen molar-refractivity contribution in [3.05, 3.63) is 36.0 Å². The van der Waals surface area contributed by atoms with Crippen molar-refractivity contribution in [2.24, 2.45) is 0 Å². The average molecular weight is 348 g/mol. The van der Waals surface area contributed by atoms with Crippen LogP contribution in [-0.2, 0) is 14.8 Å². The summed E-state index contributed by atoms with van der Waals surface area (Å²) in [5.41, 5.74) is 1.18. The predicted octanol–water partition coefficient (Wildman–Crippen LogP) is 2.56. The third kappa shape index (κ3) is 3.14. The third-order valence-corrected chi connectivity index (χ3v) is 6.38. The number of rotatable bonds is 4. The number of piperidine rings is 1. The molecule has 2 aromatic rings. The summed E-state index contributed by atoms with van der Waals surface area (Å²) >= 11 is 0. The molecule has 1 aliphatic heterocycles. The maximum absolute atomic E-state index is 13.2. The van der Waals surface area contributed by atoms with E-state index in [4.69, 9.17) is 5.11 Å². The molecule has 3 rings (SSSR count). The van der Waals surface area contributed by atoms with Crippen LogP contribution >= 0.6 is 0 Å². The van der Waals surface area contributed by atoms with Crippen LogP contribution < -0.4 is 0 Å². The van der Waals surface area contributed by atoms with Gasteiger partial charge in [-0.3, -0.25) is 9.78 Å². The summed E-state index contributed by atoms with van der Waals surface area (Å²) in [6.07, 6.45) is 1.99. The standard InChI is InChI=1S/C17H20N2O4S/c1-12-8-9-13-5-4-7-15(17(13)18-12)24(22,23)19-10-3-2-6-14(19)11-16(20)21/h4-5,7-9,14H,2-3,6,10-11H2,1H3,(H,20,21). The largest absolute Gasteiger partial charge is 0.481 e. The minimum atomic E-state index is -3.79. The first-order chi connectivity index (χ1) is 11.4. The fraction of sp³-hybridized carbons (Fsp3) is 0.412. The third-order valence-electron chi connectivity index (χ3n) is 4.39. The molecule has 1 fully saturated rings. The first kappa shape index (κ1) is 16.9. The highest BCUT2D eigenvalue weighted by Crippen LogP contribution is 2.30. The van der Waals surface area contributed by atoms with Gasteiger partial charge in [-0.2, -0.15) is 4.31 Å². The van der Waals surface area contributed by atoms with E-state index in [1.165, 1.54) is 4.31 Å². The van der Waals surface area contributed by atoms with Crippen molar-refractivity contribution in [3.8, 4) is 0 Å². The van der Waals surface area contributed by atoms with E-state index >= 15 is 0 Å². The number of aromatic nitrogens is 1. The Hall–Kier alpha value is -1.99. The molecule has 1 saturated heterocycles. The van der Waals surface area contributed by atoms with Crippen LogP contribution in [-0.4, -0.2) is 41.4 Å². The quantitative estimate of drug-likeness (QED) is 0.917. The molecule has 1 aromatic heterocycles. The van der Waals surface area contributed by atoms with Crippen LogP contribution in [0.15, 0.2) is 35.2 Å². The van der Waals surface area contributed by atoms with Crippen LogP contribution in [0.2, 0.25) is 0 Å². The number of carbonyl (C=O) groups is 1. The second-order valence-electron chi connectivity index (χ2n) is 6.14. The van der Waals surface area contributed by atoms with Gasteiger partial charge in [-0.15, -0.1) is 0 Å². The lowest BCUT2D eigenvalue weighted by atomic mass is 10.0. The van der Waals surface area contributed by atoms with E-state index in [0.717, 1.165) is 23.9 Å². The molecule has 128 valence electrons. The molecule has 0 radical (unpaired) electrons. The van der Waals surface area contributed by atoms with Crippen LogP contribution in [0.1, 0.15) is 31.4 Å². The lowest BCUT2D eigenvalue weighted by Crippen LogP contribution is -2.44. The van der Waals surface area contributed by atoms with Crippen molar-refractivity contribution >= 4 is 26.9 Å². The zero-order valence-electron chi connectivity index (χ0n) is 13.5. The van der Waals surface area contributed by atoms with E-state index in [2.05, 4.69) is 4.98 Å². The Kier molecular flexibility index (Phi) is 4.56. The van der Waals surface area contributed by atoms with Gasteiger partial charge in [0.1, 0.15) is 4.90 Å². The Balaban J connectivity index is 2.09. The number of nitrogens with zero attached hydrogens (tertiary/aromatic N) is 2. The number of pyridine rings is 1. The maximum Gasteiger partial charge on any atom is 0.304 e. The Morgan fingerprint density at radius 2 is 2.08 bits per heavy atom. The lowest BCUT2D eigenvalue weighted by Gasteiger charge is -2.34. The average Bonchev–Trinajstić information content (AvgIpc) is 2.54. The maximum atomic E-state index is 13.2. The number of benzene rings is 1. The molecule has 6 nitrogen and oxygen atoms in total. The van der Waals surface area contributed by atoms with Gasteiger partial charge in [-0.25, -0.2) is 8.42 Å². The molecule has 1 unspecified atom stereocenters. The molecule has 0 aliphatic carbocycles. The monoisotopic (exact) mass is 348 g/mol. The molecule has 7 heteroatoms. The molecule has 0 amide bonds. The van der Waals surface area contributed by atoms with Crippen LogP contribution in [0.25, 0.3) is 10.9 Å². The summed E-state index contributed by atoms with van der Waals surface area (Å²) < 4.78 is 27.7. The van der Waals surface area contributed by atoms with Gasteiger partial charge in [0.05, 0.1) is 11.9 Å². The molecular weight excluding hydrogens is 328 g/mol. The lowest BCUT2D eigenvalue weighted by molar-refractivity contribution is -0.138. The zero-order valence-corrected chi connectivity index (χ0v) is 14.3. The number of hydrogen-bond donors (Lipinski definition) is 1. The van der Waals surface area contributed by atoms with E-state index in [-0.39, 0.29) is 11.3 Å². The van der Waals surface area contributed by atoms with Gasteiger partial charge in [0.15, 0.2) is 0 Å². The number of sulfonamides is 1. The topological polar surface area (TPSA) is 87.6 Å². The van der Waals surface area contributed by atoms with Gasteiger partial charge < -0.3 is 5.11 Å². The number of hydrogen-bond acceptors (Lipinski definition) is 4. The Bertz CT molecular complexity index is 879. The summed E-state index contributed by atoms with van der Waals surface area (Å²) in [5.74, 6) is -0.978. The molecule has 0 saturated carbocycles. The minimum absolute atomic E-state index is 0.154. The van der Waals surface area contributed by atoms with Gasteiger partial charge in [-0.05, 0) is 31.9 Å². The molecule has 0 bridgehead atoms. The highest BCUT2D eigenvalue weighted by Gasteiger charge is 2.35. The summed E-state index contributed by atoms with van der Waals surface area (Å²) in [6.45, 7) is 2.17. The number of aliphatic carboxylic acids is 1. The SMILES string of the molecule is Cc1ccc2cccc(S(=O)(=O)N3CCCCC3CC(=O)O)c2n1. The first-order valence-corrected chi connectivity index (χ1v) is 9.43. The summed E-state index contributed by atoms with van der Waals surface area (Å²) in [4.78, 5) is 15.7. The molecule has 24 heavy (non-hydrogen) atoms. The number of carboxylic acids is 1. The summed E-state index contributed by atoms with van der Waals surface area (Å²) in [6, 6.07) is 8.26. The Morgan fingerprint density at radius 1 is 1.29 bits per heavy atom. The molecule has 1 aliphatic rings. The van der Waals surface area contributed by atoms with Crippen LogP contribution in [0.4, 0.5) is 0 Å². The zero-order chi connectivity index (χ0) is 17.3. The van der Waals surface area contributed by atoms with Gasteiger partial charge >= 0.3 is 5.97 Å². The van der Waals surface area contributed by atoms with Crippen LogP contribution in [0, 0.1) is 6.92 Å². The van der Waals surface area contributed by atoms with E-state index in [1.807, 2.05) is 25.1 Å². The molecule has 1 N–H and O–H groups in total. The molecule has 2 heterocycles. The van der Waals surface area contributed by atoms with Crippen molar-refractivity contribution in [2.45, 2.75) is 43.5 Å². The smallest absolute Gasteiger partial charge is 0.304 e. The molecule has 1 aromatic carbocycles. The predicted molar refractivity (Wildman–Crippen MR) is 90.3 cm³/mol. The second kappa shape index (κ2) is 6.49. The Morgan fingerprint density at radius 3 is 2.83 bits per heavy atom.